The van der Waals surface area contributed by atoms with Crippen molar-refractivity contribution in [2.75, 3.05) is 7.05 Å². The van der Waals surface area contributed by atoms with Crippen LogP contribution in [0.2, 0.25) is 0 Å². The van der Waals surface area contributed by atoms with E-state index < -0.39 is 20.1 Å². The predicted molar refractivity (Wildman–Crippen MR) is 179 cm³/mol. The summed E-state index contributed by atoms with van der Waals surface area (Å²) in [6.07, 6.45) is 2.08. The zero-order valence-corrected chi connectivity index (χ0v) is 29.5. The van der Waals surface area contributed by atoms with Gasteiger partial charge in [-0.1, -0.05) is 129 Å². The van der Waals surface area contributed by atoms with Gasteiger partial charge in [0.15, 0.2) is 0 Å². The number of nitrogens with zero attached hydrogens (tertiary/aromatic N) is 2. The van der Waals surface area contributed by atoms with Crippen LogP contribution < -0.4 is 0 Å². The van der Waals surface area contributed by atoms with Gasteiger partial charge in [0.05, 0.1) is 4.88 Å². The number of hydrogen-bond donors (Lipinski definition) is 0. The van der Waals surface area contributed by atoms with Gasteiger partial charge in [0, 0.05) is 18.1 Å². The highest BCUT2D eigenvalue weighted by molar-refractivity contribution is 8.60. The van der Waals surface area contributed by atoms with Crippen LogP contribution in [0, 0.1) is 0 Å². The van der Waals surface area contributed by atoms with Gasteiger partial charge in [-0.15, -0.1) is 11.3 Å². The molecule has 210 valence electrons. The first-order valence-corrected chi connectivity index (χ1v) is 18.9. The van der Waals surface area contributed by atoms with Crippen LogP contribution in [0.3, 0.4) is 0 Å². The van der Waals surface area contributed by atoms with Crippen LogP contribution in [0.15, 0.2) is 22.1 Å². The van der Waals surface area contributed by atoms with Crippen molar-refractivity contribution in [1.82, 2.24) is 4.98 Å². The fourth-order valence-corrected chi connectivity index (χ4v) is 21.4. The van der Waals surface area contributed by atoms with E-state index in [1.54, 1.807) is 0 Å². The highest BCUT2D eigenvalue weighted by Crippen LogP contribution is 2.68. The first kappa shape index (κ1) is 37.2. The molecule has 0 aliphatic heterocycles. The summed E-state index contributed by atoms with van der Waals surface area (Å²) in [6.45, 7) is 41.1. The summed E-state index contributed by atoms with van der Waals surface area (Å²) >= 11 is 3.69. The molecule has 0 aliphatic carbocycles. The molecule has 0 bridgehead atoms. The van der Waals surface area contributed by atoms with Crippen LogP contribution in [0.25, 0.3) is 4.91 Å². The standard InChI is InChI=1S/C25H48N2S4.2C2H6/c1-16(2)30(17(3)4,18(5)6)24(26-14)28-22(13)23-15-27-25(29-23)31(19(7)8,20(9)10)21(11)12;2*1-2/h15-21H,13H2,1-12,14H3;2*1-2H3. The summed E-state index contributed by atoms with van der Waals surface area (Å²) in [5.74, 6) is 0. The Morgan fingerprint density at radius 2 is 1.14 bits per heavy atom. The minimum atomic E-state index is -1.06. The Morgan fingerprint density at radius 1 is 0.771 bits per heavy atom. The van der Waals surface area contributed by atoms with Crippen molar-refractivity contribution < 1.29 is 0 Å². The first-order valence-electron chi connectivity index (χ1n) is 13.6. The maximum atomic E-state index is 5.02. The van der Waals surface area contributed by atoms with E-state index in [1.807, 2.05) is 57.8 Å². The zero-order chi connectivity index (χ0) is 28.3. The molecule has 0 spiro atoms. The van der Waals surface area contributed by atoms with Crippen LogP contribution in [0.5, 0.6) is 0 Å². The molecule has 0 saturated carbocycles. The lowest BCUT2D eigenvalue weighted by atomic mass is 10.5. The molecule has 0 aliphatic rings. The van der Waals surface area contributed by atoms with Gasteiger partial charge in [-0.05, 0) is 31.5 Å². The lowest BCUT2D eigenvalue weighted by Crippen LogP contribution is -2.33. The largest absolute Gasteiger partial charge is 0.276 e. The summed E-state index contributed by atoms with van der Waals surface area (Å²) in [7, 11) is -0.103. The van der Waals surface area contributed by atoms with E-state index >= 15 is 0 Å². The molecule has 0 amide bonds. The molecule has 0 aromatic carbocycles. The monoisotopic (exact) mass is 564 g/mol. The van der Waals surface area contributed by atoms with Gasteiger partial charge in [-0.25, -0.2) is 4.98 Å². The highest BCUT2D eigenvalue weighted by Gasteiger charge is 2.41. The van der Waals surface area contributed by atoms with Crippen molar-refractivity contribution in [3.8, 4) is 0 Å². The van der Waals surface area contributed by atoms with Crippen molar-refractivity contribution in [1.29, 1.82) is 0 Å². The maximum absolute atomic E-state index is 5.02. The molecule has 0 N–H and O–H groups in total. The summed E-state index contributed by atoms with van der Waals surface area (Å²) in [4.78, 5) is 12.2. The second kappa shape index (κ2) is 16.8. The fourth-order valence-electron chi connectivity index (χ4n) is 5.46. The van der Waals surface area contributed by atoms with Crippen LogP contribution in [-0.2, 0) is 0 Å². The molecule has 1 aromatic heterocycles. The van der Waals surface area contributed by atoms with Gasteiger partial charge in [0.1, 0.15) is 8.72 Å². The lowest BCUT2D eigenvalue weighted by molar-refractivity contribution is 0.929. The number of aromatic nitrogens is 1. The Bertz CT molecular complexity index is 715. The average molecular weight is 565 g/mol. The van der Waals surface area contributed by atoms with Crippen molar-refractivity contribution in [3.05, 3.63) is 17.7 Å². The van der Waals surface area contributed by atoms with Gasteiger partial charge in [0.2, 0.25) is 0 Å². The third-order valence-electron chi connectivity index (χ3n) is 6.44. The minimum Gasteiger partial charge on any atom is -0.276 e. The molecule has 0 radical (unpaired) electrons. The van der Waals surface area contributed by atoms with Gasteiger partial charge in [-0.3, -0.25) is 4.99 Å². The van der Waals surface area contributed by atoms with Crippen molar-refractivity contribution >= 4 is 52.4 Å². The van der Waals surface area contributed by atoms with Crippen LogP contribution >= 0.6 is 43.2 Å². The van der Waals surface area contributed by atoms with E-state index in [0.717, 1.165) is 4.91 Å². The topological polar surface area (TPSA) is 25.2 Å². The van der Waals surface area contributed by atoms with Crippen molar-refractivity contribution in [2.45, 2.75) is 147 Å². The van der Waals surface area contributed by atoms with Gasteiger partial charge >= 0.3 is 0 Å². The molecule has 6 heteroatoms. The SMILES string of the molecule is C=C(SC(=NC)S(C(C)C)(C(C)C)C(C)C)c1cnc(S(C(C)C)(C(C)C)C(C)C)s1.CC.CC. The Kier molecular flexibility index (Phi) is 17.9. The summed E-state index contributed by atoms with van der Waals surface area (Å²) in [5, 5.41) is 3.59. The zero-order valence-electron chi connectivity index (χ0n) is 26.3. The predicted octanol–water partition coefficient (Wildman–Crippen LogP) is 11.3. The molecule has 2 nitrogen and oxygen atoms in total. The molecule has 1 rings (SSSR count). The van der Waals surface area contributed by atoms with Gasteiger partial charge < -0.3 is 0 Å². The van der Waals surface area contributed by atoms with Crippen LogP contribution in [-0.4, -0.2) is 47.9 Å². The molecule has 1 aromatic rings. The van der Waals surface area contributed by atoms with Gasteiger partial charge in [-0.2, -0.15) is 20.1 Å². The number of aliphatic imine (C=N–C) groups is 1. The normalized spacial score (nSPS) is 13.9. The second-order valence-electron chi connectivity index (χ2n) is 9.82. The fraction of sp³-hybridized carbons (Fsp3) is 0.793. The quantitative estimate of drug-likeness (QED) is 0.220. The summed E-state index contributed by atoms with van der Waals surface area (Å²) < 4.78 is 2.64. The maximum Gasteiger partial charge on any atom is 0.134 e. The van der Waals surface area contributed by atoms with E-state index in [-0.39, 0.29) is 0 Å². The number of thiazole rings is 1. The number of rotatable bonds is 9. The summed E-state index contributed by atoms with van der Waals surface area (Å²) in [6, 6.07) is 0. The number of hydrogen-bond acceptors (Lipinski definition) is 4. The molecule has 35 heavy (non-hydrogen) atoms. The highest BCUT2D eigenvalue weighted by atomic mass is 32.3. The molecule has 0 saturated heterocycles. The molecule has 1 heterocycles. The molecule has 0 fully saturated rings. The first-order chi connectivity index (χ1) is 16.2. The van der Waals surface area contributed by atoms with Gasteiger partial charge in [0.25, 0.3) is 0 Å². The van der Waals surface area contributed by atoms with E-state index in [1.165, 1.54) is 13.6 Å². The Labute approximate surface area is 232 Å². The van der Waals surface area contributed by atoms with E-state index in [2.05, 4.69) is 95.9 Å². The summed E-state index contributed by atoms with van der Waals surface area (Å²) in [5.41, 5.74) is 0. The third-order valence-corrected chi connectivity index (χ3v) is 21.3. The van der Waals surface area contributed by atoms with E-state index in [0.29, 0.717) is 31.5 Å². The third kappa shape index (κ3) is 7.80. The van der Waals surface area contributed by atoms with Crippen LogP contribution in [0.1, 0.15) is 116 Å². The van der Waals surface area contributed by atoms with Crippen LogP contribution in [0.4, 0.5) is 0 Å². The molecule has 0 unspecified atom stereocenters. The molecular formula is C29H60N2S4. The molecular weight excluding hydrogens is 505 g/mol. The smallest absolute Gasteiger partial charge is 0.134 e. The Balaban J connectivity index is 0. The molecule has 0 atom stereocenters. The average Bonchev–Trinajstić information content (AvgIpc) is 3.25. The number of thioether (sulfide) groups is 1. The van der Waals surface area contributed by atoms with E-state index in [9.17, 15) is 0 Å². The van der Waals surface area contributed by atoms with Crippen molar-refractivity contribution in [2.24, 2.45) is 4.99 Å². The lowest BCUT2D eigenvalue weighted by Gasteiger charge is -2.51. The Hall–Kier alpha value is 0.0900. The Morgan fingerprint density at radius 3 is 1.43 bits per heavy atom. The van der Waals surface area contributed by atoms with Crippen molar-refractivity contribution in [3.63, 3.8) is 0 Å². The minimum absolute atomic E-state index is 0.587. The second-order valence-corrected chi connectivity index (χ2v) is 21.9. The van der Waals surface area contributed by atoms with E-state index in [4.69, 9.17) is 9.98 Å².